The van der Waals surface area contributed by atoms with Gasteiger partial charge in [-0.05, 0) is 91.0 Å². The van der Waals surface area contributed by atoms with E-state index in [-0.39, 0.29) is 31.3 Å². The summed E-state index contributed by atoms with van der Waals surface area (Å²) in [4.78, 5) is 49.1. The molecule has 1 aromatic heterocycles. The minimum absolute atomic E-state index is 0.147. The Hall–Kier alpha value is -4.33. The van der Waals surface area contributed by atoms with Crippen LogP contribution in [0.4, 0.5) is 0 Å². The van der Waals surface area contributed by atoms with Gasteiger partial charge in [0.1, 0.15) is 6.04 Å². The molecule has 2 heterocycles. The summed E-state index contributed by atoms with van der Waals surface area (Å²) < 4.78 is 0. The maximum Gasteiger partial charge on any atom is 0.310 e. The third-order valence-electron chi connectivity index (χ3n) is 11.3. The highest BCUT2D eigenvalue weighted by molar-refractivity contribution is 5.98. The van der Waals surface area contributed by atoms with Crippen LogP contribution < -0.4 is 5.32 Å². The number of carbonyl (C=O) groups is 3. The smallest absolute Gasteiger partial charge is 0.310 e. The second-order valence-corrected chi connectivity index (χ2v) is 15.2. The first kappa shape index (κ1) is 35.5. The first-order valence-corrected chi connectivity index (χ1v) is 18.7. The summed E-state index contributed by atoms with van der Waals surface area (Å²) in [5, 5.41) is 12.3. The Morgan fingerprint density at radius 1 is 0.840 bits per heavy atom. The van der Waals surface area contributed by atoms with Gasteiger partial charge in [0.05, 0.1) is 5.92 Å². The molecule has 1 aliphatic heterocycles. The zero-order chi connectivity index (χ0) is 35.2. The second-order valence-electron chi connectivity index (χ2n) is 15.2. The molecule has 1 saturated carbocycles. The first-order valence-electron chi connectivity index (χ1n) is 18.7. The molecule has 2 atom stereocenters. The van der Waals surface area contributed by atoms with Crippen molar-refractivity contribution in [2.45, 2.75) is 91.0 Å². The number of nitrogens with zero attached hydrogens (tertiary/aromatic N) is 3. The molecule has 6 rings (SSSR count). The number of benzene rings is 2. The van der Waals surface area contributed by atoms with E-state index in [2.05, 4.69) is 32.2 Å². The minimum Gasteiger partial charge on any atom is -0.481 e. The van der Waals surface area contributed by atoms with Gasteiger partial charge >= 0.3 is 5.97 Å². The molecule has 8 nitrogen and oxygen atoms in total. The molecule has 3 aromatic rings. The lowest BCUT2D eigenvalue weighted by Gasteiger charge is -2.39. The van der Waals surface area contributed by atoms with Gasteiger partial charge in [-0.15, -0.1) is 0 Å². The SMILES string of the molecule is CCC1CCC(C2CC=C(c3cnc(-c4ccc(C[C@H](NC(=O)c5ccc(CC(C)C)cc5)C(=O)N5CC(C(=O)O)C5)cc4)nc3)CC2)CC1. The quantitative estimate of drug-likeness (QED) is 0.204. The largest absolute Gasteiger partial charge is 0.481 e. The van der Waals surface area contributed by atoms with Gasteiger partial charge in [-0.25, -0.2) is 9.97 Å². The van der Waals surface area contributed by atoms with Gasteiger partial charge in [-0.3, -0.25) is 14.4 Å². The Bertz CT molecular complexity index is 1650. The van der Waals surface area contributed by atoms with Crippen molar-refractivity contribution in [2.24, 2.45) is 29.6 Å². The number of carboxylic acid groups (broad SMARTS) is 1. The molecule has 0 spiro atoms. The van der Waals surface area contributed by atoms with E-state index in [0.717, 1.165) is 59.3 Å². The van der Waals surface area contributed by atoms with Crippen molar-refractivity contribution in [3.63, 3.8) is 0 Å². The van der Waals surface area contributed by atoms with Gasteiger partial charge in [0.15, 0.2) is 5.82 Å². The second kappa shape index (κ2) is 16.1. The molecular weight excluding hydrogens is 624 g/mol. The molecule has 1 saturated heterocycles. The van der Waals surface area contributed by atoms with Crippen LogP contribution in [0.5, 0.6) is 0 Å². The van der Waals surface area contributed by atoms with Gasteiger partial charge < -0.3 is 15.3 Å². The van der Waals surface area contributed by atoms with E-state index in [1.807, 2.05) is 48.8 Å². The Labute approximate surface area is 296 Å². The molecule has 0 bridgehead atoms. The number of likely N-dealkylation sites (tertiary alicyclic amines) is 1. The van der Waals surface area contributed by atoms with Crippen LogP contribution in [0.1, 0.15) is 99.2 Å². The molecule has 2 amide bonds. The summed E-state index contributed by atoms with van der Waals surface area (Å²) in [5.41, 5.74) is 5.84. The van der Waals surface area contributed by atoms with Crippen LogP contribution in [0.15, 0.2) is 67.0 Å². The molecule has 50 heavy (non-hydrogen) atoms. The highest BCUT2D eigenvalue weighted by atomic mass is 16.4. The fourth-order valence-electron chi connectivity index (χ4n) is 8.02. The van der Waals surface area contributed by atoms with Crippen LogP contribution >= 0.6 is 0 Å². The van der Waals surface area contributed by atoms with E-state index in [1.54, 1.807) is 12.1 Å². The fourth-order valence-corrected chi connectivity index (χ4v) is 8.02. The predicted octanol–water partition coefficient (Wildman–Crippen LogP) is 7.63. The molecule has 3 aliphatic rings. The number of carboxylic acids is 1. The maximum atomic E-state index is 13.5. The number of aliphatic carboxylic acids is 1. The number of allylic oxidation sites excluding steroid dienone is 2. The fraction of sp³-hybridized carbons (Fsp3) is 0.500. The van der Waals surface area contributed by atoms with Crippen molar-refractivity contribution in [3.8, 4) is 11.4 Å². The predicted molar refractivity (Wildman–Crippen MR) is 196 cm³/mol. The number of amides is 2. The highest BCUT2D eigenvalue weighted by Crippen LogP contribution is 2.41. The van der Waals surface area contributed by atoms with Gasteiger partial charge in [0.25, 0.3) is 5.91 Å². The lowest BCUT2D eigenvalue weighted by Crippen LogP contribution is -2.59. The summed E-state index contributed by atoms with van der Waals surface area (Å²) in [6.45, 7) is 6.93. The lowest BCUT2D eigenvalue weighted by molar-refractivity contribution is -0.153. The molecular formula is C42H52N4O4. The van der Waals surface area contributed by atoms with Gasteiger partial charge in [0, 0.05) is 48.6 Å². The van der Waals surface area contributed by atoms with E-state index in [0.29, 0.717) is 17.3 Å². The molecule has 2 aromatic carbocycles. The lowest BCUT2D eigenvalue weighted by atomic mass is 9.71. The Balaban J connectivity index is 1.08. The number of carbonyl (C=O) groups excluding carboxylic acids is 2. The number of hydrogen-bond donors (Lipinski definition) is 2. The van der Waals surface area contributed by atoms with Crippen LogP contribution in [0.2, 0.25) is 0 Å². The summed E-state index contributed by atoms with van der Waals surface area (Å²) in [7, 11) is 0. The third-order valence-corrected chi connectivity index (χ3v) is 11.3. The monoisotopic (exact) mass is 676 g/mol. The van der Waals surface area contributed by atoms with Crippen molar-refractivity contribution >= 4 is 23.4 Å². The maximum absolute atomic E-state index is 13.5. The van der Waals surface area contributed by atoms with Crippen molar-refractivity contribution in [1.82, 2.24) is 20.2 Å². The third kappa shape index (κ3) is 8.69. The Morgan fingerprint density at radius 3 is 2.06 bits per heavy atom. The number of rotatable bonds is 12. The number of hydrogen-bond acceptors (Lipinski definition) is 5. The van der Waals surface area contributed by atoms with Gasteiger partial charge in [0.2, 0.25) is 5.91 Å². The average Bonchev–Trinajstić information content (AvgIpc) is 3.11. The zero-order valence-corrected chi connectivity index (χ0v) is 29.8. The van der Waals surface area contributed by atoms with Crippen molar-refractivity contribution in [1.29, 1.82) is 0 Å². The van der Waals surface area contributed by atoms with E-state index >= 15 is 0 Å². The van der Waals surface area contributed by atoms with Crippen molar-refractivity contribution in [2.75, 3.05) is 13.1 Å². The van der Waals surface area contributed by atoms with E-state index in [9.17, 15) is 19.5 Å². The van der Waals surface area contributed by atoms with Crippen LogP contribution in [0, 0.1) is 29.6 Å². The Morgan fingerprint density at radius 2 is 1.48 bits per heavy atom. The summed E-state index contributed by atoms with van der Waals surface area (Å²) in [6.07, 6.45) is 17.9. The minimum atomic E-state index is -0.911. The Kier molecular flexibility index (Phi) is 11.5. The van der Waals surface area contributed by atoms with E-state index in [1.165, 1.54) is 49.0 Å². The van der Waals surface area contributed by atoms with Crippen LogP contribution in [0.25, 0.3) is 17.0 Å². The number of aromatic nitrogens is 2. The molecule has 1 unspecified atom stereocenters. The molecule has 8 heteroatoms. The van der Waals surface area contributed by atoms with Crippen molar-refractivity contribution in [3.05, 3.63) is 89.3 Å². The summed E-state index contributed by atoms with van der Waals surface area (Å²) in [6, 6.07) is 14.4. The van der Waals surface area contributed by atoms with Crippen LogP contribution in [0.3, 0.4) is 0 Å². The topological polar surface area (TPSA) is 112 Å². The number of nitrogens with one attached hydrogen (secondary N) is 1. The highest BCUT2D eigenvalue weighted by Gasteiger charge is 2.39. The first-order chi connectivity index (χ1) is 24.2. The van der Waals surface area contributed by atoms with Crippen LogP contribution in [-0.4, -0.2) is 56.9 Å². The molecule has 2 fully saturated rings. The van der Waals surface area contributed by atoms with Gasteiger partial charge in [-0.2, -0.15) is 0 Å². The average molecular weight is 677 g/mol. The molecule has 0 radical (unpaired) electrons. The van der Waals surface area contributed by atoms with Crippen LogP contribution in [-0.2, 0) is 22.4 Å². The van der Waals surface area contributed by atoms with E-state index in [4.69, 9.17) is 9.97 Å². The molecule has 2 aliphatic carbocycles. The summed E-state index contributed by atoms with van der Waals surface area (Å²) >= 11 is 0. The zero-order valence-electron chi connectivity index (χ0n) is 29.8. The molecule has 264 valence electrons. The molecule has 2 N–H and O–H groups in total. The van der Waals surface area contributed by atoms with Gasteiger partial charge in [-0.1, -0.05) is 82.5 Å². The van der Waals surface area contributed by atoms with Crippen molar-refractivity contribution < 1.29 is 19.5 Å². The summed E-state index contributed by atoms with van der Waals surface area (Å²) in [5.74, 6) is 1.69. The standard InChI is InChI=1S/C42H52N4O4/c1-4-28-5-11-31(12-6-28)32-17-19-33(20-18-32)36-23-43-39(44-24-36)34-13-7-30(8-14-34)22-38(41(48)46-25-37(26-46)42(49)50)45-40(47)35-15-9-29(10-16-35)21-27(2)3/h7-10,13-16,19,23-24,27-28,31-32,37-38H,4-6,11-12,17-18,20-22,25-26H2,1-3H3,(H,45,47)(H,49,50)/t28?,31?,32?,38-/m0/s1. The van der Waals surface area contributed by atoms with E-state index < -0.39 is 17.9 Å². The normalized spacial score (nSPS) is 21.6.